The van der Waals surface area contributed by atoms with Crippen molar-refractivity contribution in [3.63, 3.8) is 0 Å². The average molecular weight is 405 g/mol. The Morgan fingerprint density at radius 2 is 2.10 bits per heavy atom. The number of ether oxygens (including phenoxy) is 4. The van der Waals surface area contributed by atoms with Gasteiger partial charge in [-0.1, -0.05) is 6.07 Å². The number of methoxy groups -OCH3 is 1. The van der Waals surface area contributed by atoms with Gasteiger partial charge < -0.3 is 29.0 Å². The average Bonchev–Trinajstić information content (AvgIpc) is 3.33. The van der Waals surface area contributed by atoms with Crippen LogP contribution in [0.3, 0.4) is 0 Å². The van der Waals surface area contributed by atoms with Gasteiger partial charge in [0.25, 0.3) is 5.91 Å². The van der Waals surface area contributed by atoms with Crippen molar-refractivity contribution in [1.29, 1.82) is 0 Å². The SMILES string of the molecule is COc1ccc2c3c1O[C@H]1C4(CC[C@@]5(O)[C@@H](C2)N(C(=O)CF)CC[C@]315)OCCO4. The number of benzene rings is 1. The Balaban J connectivity index is 1.61. The predicted molar refractivity (Wildman–Crippen MR) is 97.7 cm³/mol. The van der Waals surface area contributed by atoms with Gasteiger partial charge in [-0.2, -0.15) is 0 Å². The topological polar surface area (TPSA) is 77.5 Å². The monoisotopic (exact) mass is 405 g/mol. The fraction of sp³-hybridized carbons (Fsp3) is 0.667. The number of hydrogen-bond donors (Lipinski definition) is 1. The van der Waals surface area contributed by atoms with Gasteiger partial charge in [0, 0.05) is 18.5 Å². The van der Waals surface area contributed by atoms with Crippen LogP contribution in [-0.2, 0) is 26.1 Å². The number of piperidine rings is 1. The molecule has 8 heteroatoms. The maximum Gasteiger partial charge on any atom is 0.254 e. The number of rotatable bonds is 2. The normalized spacial score (nSPS) is 38.0. The van der Waals surface area contributed by atoms with Crippen molar-refractivity contribution in [2.24, 2.45) is 0 Å². The molecular weight excluding hydrogens is 381 g/mol. The van der Waals surface area contributed by atoms with Crippen molar-refractivity contribution < 1.29 is 33.2 Å². The van der Waals surface area contributed by atoms with Crippen molar-refractivity contribution in [3.05, 3.63) is 23.3 Å². The number of likely N-dealkylation sites (tertiary alicyclic amines) is 1. The number of fused-ring (bicyclic) bond motifs is 1. The van der Waals surface area contributed by atoms with E-state index >= 15 is 0 Å². The summed E-state index contributed by atoms with van der Waals surface area (Å²) in [6, 6.07) is 3.32. The molecule has 0 unspecified atom stereocenters. The molecule has 6 rings (SSSR count). The van der Waals surface area contributed by atoms with Gasteiger partial charge in [0.05, 0.1) is 37.4 Å². The van der Waals surface area contributed by atoms with Crippen LogP contribution in [0.15, 0.2) is 12.1 Å². The molecule has 3 aliphatic heterocycles. The highest BCUT2D eigenvalue weighted by Crippen LogP contribution is 2.68. The van der Waals surface area contributed by atoms with Crippen LogP contribution >= 0.6 is 0 Å². The number of nitrogens with zero attached hydrogens (tertiary/aromatic N) is 1. The first-order chi connectivity index (χ1) is 14.0. The van der Waals surface area contributed by atoms with E-state index in [9.17, 15) is 14.3 Å². The van der Waals surface area contributed by atoms with E-state index in [-0.39, 0.29) is 0 Å². The lowest BCUT2D eigenvalue weighted by molar-refractivity contribution is -0.295. The first-order valence-electron chi connectivity index (χ1n) is 10.2. The van der Waals surface area contributed by atoms with Crippen molar-refractivity contribution in [2.45, 2.75) is 54.6 Å². The molecule has 4 atom stereocenters. The molecule has 3 fully saturated rings. The molecule has 2 spiro atoms. The van der Waals surface area contributed by atoms with Crippen LogP contribution in [0.1, 0.15) is 30.4 Å². The first-order valence-corrected chi connectivity index (χ1v) is 10.2. The van der Waals surface area contributed by atoms with Crippen LogP contribution in [0, 0.1) is 0 Å². The van der Waals surface area contributed by atoms with E-state index in [1.165, 1.54) is 4.90 Å². The second-order valence-corrected chi connectivity index (χ2v) is 8.72. The van der Waals surface area contributed by atoms with Gasteiger partial charge >= 0.3 is 0 Å². The summed E-state index contributed by atoms with van der Waals surface area (Å²) in [6.45, 7) is 0.257. The molecule has 1 aromatic rings. The molecule has 1 saturated carbocycles. The highest BCUT2D eigenvalue weighted by molar-refractivity contribution is 5.79. The summed E-state index contributed by atoms with van der Waals surface area (Å²) in [4.78, 5) is 13.9. The Kier molecular flexibility index (Phi) is 3.47. The largest absolute Gasteiger partial charge is 0.493 e. The van der Waals surface area contributed by atoms with Crippen LogP contribution in [0.4, 0.5) is 4.39 Å². The lowest BCUT2D eigenvalue weighted by atomic mass is 9.48. The molecule has 2 aliphatic carbocycles. The zero-order valence-electron chi connectivity index (χ0n) is 16.3. The lowest BCUT2D eigenvalue weighted by Gasteiger charge is -2.64. The van der Waals surface area contributed by atoms with Crippen molar-refractivity contribution in [3.8, 4) is 11.5 Å². The fourth-order valence-corrected chi connectivity index (χ4v) is 6.79. The summed E-state index contributed by atoms with van der Waals surface area (Å²) in [5.41, 5.74) is -0.0769. The lowest BCUT2D eigenvalue weighted by Crippen LogP contribution is -2.79. The van der Waals surface area contributed by atoms with Gasteiger partial charge in [0.15, 0.2) is 24.3 Å². The number of aliphatic hydroxyl groups is 1. The quantitative estimate of drug-likeness (QED) is 0.794. The molecule has 3 heterocycles. The van der Waals surface area contributed by atoms with E-state index in [1.54, 1.807) is 7.11 Å². The molecule has 1 aromatic carbocycles. The molecule has 7 nitrogen and oxygen atoms in total. The zero-order chi connectivity index (χ0) is 20.0. The maximum absolute atomic E-state index is 13.3. The molecule has 156 valence electrons. The summed E-state index contributed by atoms with van der Waals surface area (Å²) < 4.78 is 37.6. The number of carbonyl (C=O) groups excluding carboxylic acids is 1. The van der Waals surface area contributed by atoms with Crippen LogP contribution in [-0.4, -0.2) is 73.0 Å². The van der Waals surface area contributed by atoms with E-state index in [1.807, 2.05) is 12.1 Å². The minimum absolute atomic E-state index is 0.363. The van der Waals surface area contributed by atoms with Crippen LogP contribution in [0.5, 0.6) is 11.5 Å². The van der Waals surface area contributed by atoms with Crippen molar-refractivity contribution >= 4 is 5.91 Å². The number of halogens is 1. The van der Waals surface area contributed by atoms with Crippen LogP contribution < -0.4 is 9.47 Å². The maximum atomic E-state index is 13.3. The summed E-state index contributed by atoms with van der Waals surface area (Å²) in [5.74, 6) is -0.248. The standard InChI is InChI=1S/C21H24FNO6/c1-26-13-3-2-12-10-14-20(25)4-5-21(27-8-9-28-21)18-19(20,16(12)17(13)29-18)6-7-23(14)15(24)11-22/h2-3,14,18,25H,4-11H2,1H3/t14-,18-,19+,20-/m1/s1. The molecule has 1 amide bonds. The fourth-order valence-electron chi connectivity index (χ4n) is 6.79. The highest BCUT2D eigenvalue weighted by Gasteiger charge is 2.77. The van der Waals surface area contributed by atoms with E-state index in [4.69, 9.17) is 18.9 Å². The second-order valence-electron chi connectivity index (χ2n) is 8.72. The third-order valence-corrected chi connectivity index (χ3v) is 7.88. The van der Waals surface area contributed by atoms with E-state index in [2.05, 4.69) is 0 Å². The number of hydrogen-bond acceptors (Lipinski definition) is 6. The minimum atomic E-state index is -1.24. The van der Waals surface area contributed by atoms with Gasteiger partial charge in [-0.15, -0.1) is 0 Å². The van der Waals surface area contributed by atoms with Gasteiger partial charge in [-0.3, -0.25) is 4.79 Å². The molecule has 1 N–H and O–H groups in total. The molecule has 2 bridgehead atoms. The van der Waals surface area contributed by atoms with Crippen molar-refractivity contribution in [2.75, 3.05) is 33.5 Å². The summed E-state index contributed by atoms with van der Waals surface area (Å²) in [7, 11) is 1.60. The summed E-state index contributed by atoms with van der Waals surface area (Å²) >= 11 is 0. The Morgan fingerprint density at radius 3 is 2.83 bits per heavy atom. The predicted octanol–water partition coefficient (Wildman–Crippen LogP) is 1.09. The molecule has 2 saturated heterocycles. The molecule has 0 radical (unpaired) electrons. The smallest absolute Gasteiger partial charge is 0.254 e. The Hall–Kier alpha value is -1.90. The molecule has 5 aliphatic rings. The van der Waals surface area contributed by atoms with E-state index < -0.39 is 41.5 Å². The third-order valence-electron chi connectivity index (χ3n) is 7.88. The third kappa shape index (κ3) is 1.87. The number of alkyl halides is 1. The number of carbonyl (C=O) groups is 1. The van der Waals surface area contributed by atoms with Gasteiger partial charge in [-0.25, -0.2) is 4.39 Å². The van der Waals surface area contributed by atoms with Crippen molar-refractivity contribution in [1.82, 2.24) is 4.90 Å². The summed E-state index contributed by atoms with van der Waals surface area (Å²) in [5, 5.41) is 12.2. The molecule has 0 aromatic heterocycles. The minimum Gasteiger partial charge on any atom is -0.493 e. The summed E-state index contributed by atoms with van der Waals surface area (Å²) in [6.07, 6.45) is 1.21. The first kappa shape index (κ1) is 17.9. The Morgan fingerprint density at radius 1 is 1.31 bits per heavy atom. The molecule has 29 heavy (non-hydrogen) atoms. The molecular formula is C21H24FNO6. The van der Waals surface area contributed by atoms with Gasteiger partial charge in [0.1, 0.15) is 0 Å². The van der Waals surface area contributed by atoms with E-state index in [0.717, 1.165) is 11.1 Å². The van der Waals surface area contributed by atoms with Crippen LogP contribution in [0.2, 0.25) is 0 Å². The van der Waals surface area contributed by atoms with Crippen LogP contribution in [0.25, 0.3) is 0 Å². The Labute approximate surface area is 167 Å². The highest BCUT2D eigenvalue weighted by atomic mass is 19.1. The van der Waals surface area contributed by atoms with Gasteiger partial charge in [0.2, 0.25) is 5.79 Å². The van der Waals surface area contributed by atoms with Gasteiger partial charge in [-0.05, 0) is 30.9 Å². The van der Waals surface area contributed by atoms with E-state index in [0.29, 0.717) is 56.9 Å². The number of amides is 1. The zero-order valence-corrected chi connectivity index (χ0v) is 16.3. The Bertz CT molecular complexity index is 901. The second kappa shape index (κ2) is 5.62.